The second kappa shape index (κ2) is 64.1. The van der Waals surface area contributed by atoms with E-state index in [0.29, 0.717) is 19.3 Å². The molecule has 0 amide bonds. The van der Waals surface area contributed by atoms with Gasteiger partial charge in [0.15, 0.2) is 6.10 Å². The van der Waals surface area contributed by atoms with Gasteiger partial charge in [-0.3, -0.25) is 14.4 Å². The van der Waals surface area contributed by atoms with Crippen molar-refractivity contribution in [3.05, 3.63) is 85.1 Å². The standard InChI is InChI=1S/C70H122O6/c1-4-7-10-13-16-19-22-24-26-28-30-31-32-33-34-35-36-37-38-39-41-42-44-46-48-51-54-57-60-63-69(72)75-66-67(65-74-68(71)62-59-56-53-50-21-18-15-12-9-6-3)76-70(73)64-61-58-55-52-49-47-45-43-40-29-27-25-23-20-17-14-11-8-5-2/h8,11-12,15,17,20,22,24-25,27-28,30,40,43,67H,4-7,9-10,13-14,16,18-19,21,23,26,29,31-39,41-42,44-66H2,1-3H3/b11-8-,15-12-,20-17-,24-22-,27-25-,30-28-,43-40-. The first-order chi connectivity index (χ1) is 37.5. The molecule has 1 atom stereocenters. The first-order valence-corrected chi connectivity index (χ1v) is 32.6. The molecule has 0 saturated heterocycles. The van der Waals surface area contributed by atoms with E-state index in [-0.39, 0.29) is 31.1 Å². The Morgan fingerprint density at radius 2 is 0.539 bits per heavy atom. The monoisotopic (exact) mass is 1060 g/mol. The van der Waals surface area contributed by atoms with Gasteiger partial charge in [0.1, 0.15) is 13.2 Å². The smallest absolute Gasteiger partial charge is 0.306 e. The summed E-state index contributed by atoms with van der Waals surface area (Å²) >= 11 is 0. The highest BCUT2D eigenvalue weighted by Gasteiger charge is 2.19. The molecule has 1 unspecified atom stereocenters. The number of carbonyl (C=O) groups excluding carboxylic acids is 3. The van der Waals surface area contributed by atoms with E-state index >= 15 is 0 Å². The number of hydrogen-bond donors (Lipinski definition) is 0. The van der Waals surface area contributed by atoms with Crippen LogP contribution < -0.4 is 0 Å². The molecule has 0 aromatic rings. The van der Waals surface area contributed by atoms with Gasteiger partial charge in [0.05, 0.1) is 0 Å². The molecule has 6 nitrogen and oxygen atoms in total. The topological polar surface area (TPSA) is 78.9 Å². The van der Waals surface area contributed by atoms with Crippen LogP contribution in [0.25, 0.3) is 0 Å². The summed E-state index contributed by atoms with van der Waals surface area (Å²) in [6, 6.07) is 0. The Kier molecular flexibility index (Phi) is 61.2. The highest BCUT2D eigenvalue weighted by atomic mass is 16.6. The molecule has 0 aromatic heterocycles. The van der Waals surface area contributed by atoms with Gasteiger partial charge in [-0.1, -0.05) is 279 Å². The second-order valence-corrected chi connectivity index (χ2v) is 21.6. The Hall–Kier alpha value is -3.41. The average Bonchev–Trinajstić information content (AvgIpc) is 3.42. The number of unbranched alkanes of at least 4 members (excludes halogenated alkanes) is 34. The van der Waals surface area contributed by atoms with Crippen LogP contribution in [0.2, 0.25) is 0 Å². The van der Waals surface area contributed by atoms with Crippen molar-refractivity contribution >= 4 is 17.9 Å². The van der Waals surface area contributed by atoms with Crippen LogP contribution in [-0.2, 0) is 28.6 Å². The van der Waals surface area contributed by atoms with Crippen molar-refractivity contribution in [2.45, 2.75) is 329 Å². The minimum Gasteiger partial charge on any atom is -0.462 e. The lowest BCUT2D eigenvalue weighted by Crippen LogP contribution is -2.30. The molecule has 0 aliphatic carbocycles. The summed E-state index contributed by atoms with van der Waals surface area (Å²) in [6.07, 6.45) is 84.7. The summed E-state index contributed by atoms with van der Waals surface area (Å²) in [6.45, 7) is 6.46. The lowest BCUT2D eigenvalue weighted by atomic mass is 10.0. The molecule has 0 fully saturated rings. The lowest BCUT2D eigenvalue weighted by molar-refractivity contribution is -0.167. The van der Waals surface area contributed by atoms with Gasteiger partial charge in [0.25, 0.3) is 0 Å². The van der Waals surface area contributed by atoms with E-state index in [1.54, 1.807) is 0 Å². The molecule has 0 heterocycles. The van der Waals surface area contributed by atoms with Crippen molar-refractivity contribution in [3.63, 3.8) is 0 Å². The van der Waals surface area contributed by atoms with Crippen LogP contribution in [0.15, 0.2) is 85.1 Å². The third-order valence-corrected chi connectivity index (χ3v) is 14.1. The number of allylic oxidation sites excluding steroid dienone is 14. The third kappa shape index (κ3) is 61.4. The molecule has 0 aliphatic heterocycles. The van der Waals surface area contributed by atoms with Crippen LogP contribution >= 0.6 is 0 Å². The normalized spacial score (nSPS) is 12.6. The average molecular weight is 1060 g/mol. The zero-order valence-electron chi connectivity index (χ0n) is 50.3. The van der Waals surface area contributed by atoms with E-state index in [4.69, 9.17) is 14.2 Å². The molecule has 0 saturated carbocycles. The first kappa shape index (κ1) is 72.6. The molecule has 0 N–H and O–H groups in total. The maximum atomic E-state index is 12.9. The Morgan fingerprint density at radius 3 is 0.868 bits per heavy atom. The summed E-state index contributed by atoms with van der Waals surface area (Å²) < 4.78 is 16.9. The molecule has 0 aliphatic rings. The van der Waals surface area contributed by atoms with E-state index in [2.05, 4.69) is 106 Å². The van der Waals surface area contributed by atoms with E-state index < -0.39 is 6.10 Å². The Balaban J connectivity index is 4.18. The zero-order chi connectivity index (χ0) is 55.0. The van der Waals surface area contributed by atoms with Gasteiger partial charge in [0, 0.05) is 19.3 Å². The van der Waals surface area contributed by atoms with Crippen molar-refractivity contribution in [1.82, 2.24) is 0 Å². The van der Waals surface area contributed by atoms with Crippen LogP contribution in [0.3, 0.4) is 0 Å². The fourth-order valence-corrected chi connectivity index (χ4v) is 9.23. The van der Waals surface area contributed by atoms with Gasteiger partial charge >= 0.3 is 17.9 Å². The first-order valence-electron chi connectivity index (χ1n) is 32.6. The molecule has 0 rings (SSSR count). The summed E-state index contributed by atoms with van der Waals surface area (Å²) in [5.74, 6) is -0.898. The van der Waals surface area contributed by atoms with Gasteiger partial charge in [-0.25, -0.2) is 0 Å². The van der Waals surface area contributed by atoms with Gasteiger partial charge in [-0.05, 0) is 109 Å². The number of rotatable bonds is 59. The minimum absolute atomic E-state index is 0.0832. The molecule has 76 heavy (non-hydrogen) atoms. The van der Waals surface area contributed by atoms with Gasteiger partial charge < -0.3 is 14.2 Å². The van der Waals surface area contributed by atoms with E-state index in [1.165, 1.54) is 167 Å². The van der Waals surface area contributed by atoms with Gasteiger partial charge in [-0.2, -0.15) is 0 Å². The van der Waals surface area contributed by atoms with Gasteiger partial charge in [-0.15, -0.1) is 0 Å². The second-order valence-electron chi connectivity index (χ2n) is 21.6. The largest absolute Gasteiger partial charge is 0.462 e. The molecular weight excluding hydrogens is 937 g/mol. The molecule has 0 spiro atoms. The van der Waals surface area contributed by atoms with Crippen LogP contribution in [-0.4, -0.2) is 37.2 Å². The lowest BCUT2D eigenvalue weighted by Gasteiger charge is -2.18. The third-order valence-electron chi connectivity index (χ3n) is 14.1. The Labute approximate surface area is 471 Å². The maximum absolute atomic E-state index is 12.9. The van der Waals surface area contributed by atoms with Crippen molar-refractivity contribution in [1.29, 1.82) is 0 Å². The summed E-state index contributed by atoms with van der Waals surface area (Å²) in [4.78, 5) is 38.2. The van der Waals surface area contributed by atoms with Crippen molar-refractivity contribution < 1.29 is 28.6 Å². The number of esters is 3. The summed E-state index contributed by atoms with van der Waals surface area (Å²) in [7, 11) is 0. The van der Waals surface area contributed by atoms with Crippen molar-refractivity contribution in [2.24, 2.45) is 0 Å². The highest BCUT2D eigenvalue weighted by Crippen LogP contribution is 2.17. The van der Waals surface area contributed by atoms with Crippen LogP contribution in [0, 0.1) is 0 Å². The molecule has 0 bridgehead atoms. The SMILES string of the molecule is CC/C=C\C/C=C\C/C=C\C/C=C\CCCCCCCCC(=O)OC(COC(=O)CCCCCCC/C=C\CCC)COC(=O)CCCCCCCCCCCCCCCCCCC/C=C\C/C=C\CCCCCCC. The summed E-state index contributed by atoms with van der Waals surface area (Å²) in [5.41, 5.74) is 0. The van der Waals surface area contributed by atoms with E-state index in [0.717, 1.165) is 116 Å². The van der Waals surface area contributed by atoms with E-state index in [9.17, 15) is 14.4 Å². The molecular formula is C70H122O6. The van der Waals surface area contributed by atoms with Crippen LogP contribution in [0.1, 0.15) is 323 Å². The number of carbonyl (C=O) groups is 3. The van der Waals surface area contributed by atoms with Crippen LogP contribution in [0.5, 0.6) is 0 Å². The van der Waals surface area contributed by atoms with E-state index in [1.807, 2.05) is 0 Å². The molecule has 0 radical (unpaired) electrons. The van der Waals surface area contributed by atoms with Crippen LogP contribution in [0.4, 0.5) is 0 Å². The molecule has 0 aromatic carbocycles. The zero-order valence-corrected chi connectivity index (χ0v) is 50.3. The fraction of sp³-hybridized carbons (Fsp3) is 0.757. The highest BCUT2D eigenvalue weighted by molar-refractivity contribution is 5.71. The summed E-state index contributed by atoms with van der Waals surface area (Å²) in [5, 5.41) is 0. The molecule has 438 valence electrons. The Bertz CT molecular complexity index is 1450. The predicted octanol–water partition coefficient (Wildman–Crippen LogP) is 22.3. The predicted molar refractivity (Wildman–Crippen MR) is 330 cm³/mol. The van der Waals surface area contributed by atoms with Gasteiger partial charge in [0.2, 0.25) is 0 Å². The van der Waals surface area contributed by atoms with Crippen molar-refractivity contribution in [3.8, 4) is 0 Å². The number of ether oxygens (including phenoxy) is 3. The Morgan fingerprint density at radius 1 is 0.276 bits per heavy atom. The fourth-order valence-electron chi connectivity index (χ4n) is 9.23. The maximum Gasteiger partial charge on any atom is 0.306 e. The molecule has 6 heteroatoms. The van der Waals surface area contributed by atoms with Crippen molar-refractivity contribution in [2.75, 3.05) is 13.2 Å². The minimum atomic E-state index is -0.787. The quantitative estimate of drug-likeness (QED) is 0.0261. The number of hydrogen-bond acceptors (Lipinski definition) is 6.